The van der Waals surface area contributed by atoms with Gasteiger partial charge in [0.25, 0.3) is 0 Å². The standard InChI is InChI=1S/4Na.2H2O/h;;;;2*1H2/q4*+1;;/p-2. The summed E-state index contributed by atoms with van der Waals surface area (Å²) in [6.07, 6.45) is 0. The third-order valence-corrected chi connectivity index (χ3v) is 0. The van der Waals surface area contributed by atoms with Gasteiger partial charge in [-0.1, -0.05) is 0 Å². The van der Waals surface area contributed by atoms with E-state index in [1.165, 1.54) is 0 Å². The van der Waals surface area contributed by atoms with Crippen LogP contribution in [0.25, 0.3) is 0 Å². The molecule has 0 aliphatic heterocycles. The number of hydrogen-bond acceptors (Lipinski definition) is 2. The molecule has 0 unspecified atom stereocenters. The first-order chi connectivity index (χ1) is 0. The minimum Gasteiger partial charge on any atom is -0.870 e. The molecule has 0 aromatic heterocycles. The zero-order valence-corrected chi connectivity index (χ0v) is 12.9. The first-order valence-electron chi connectivity index (χ1n) is 0. The monoisotopic (exact) mass is 126 g/mol. The van der Waals surface area contributed by atoms with Crippen LogP contribution >= 0.6 is 0 Å². The molecular weight excluding hydrogens is 124 g/mol. The van der Waals surface area contributed by atoms with Crippen molar-refractivity contribution in [1.29, 1.82) is 0 Å². The first-order valence-corrected chi connectivity index (χ1v) is 0. The summed E-state index contributed by atoms with van der Waals surface area (Å²) in [6.45, 7) is 0. The van der Waals surface area contributed by atoms with E-state index >= 15 is 0 Å². The van der Waals surface area contributed by atoms with Gasteiger partial charge in [-0.05, 0) is 0 Å². The van der Waals surface area contributed by atoms with Gasteiger partial charge in [-0.15, -0.1) is 0 Å². The molecule has 0 saturated heterocycles. The summed E-state index contributed by atoms with van der Waals surface area (Å²) in [5.41, 5.74) is 0. The van der Waals surface area contributed by atoms with Crippen LogP contribution < -0.4 is 118 Å². The molecule has 2 nitrogen and oxygen atoms in total. The van der Waals surface area contributed by atoms with E-state index in [0.29, 0.717) is 0 Å². The summed E-state index contributed by atoms with van der Waals surface area (Å²) < 4.78 is 0. The van der Waals surface area contributed by atoms with E-state index in [1.807, 2.05) is 0 Å². The molecule has 0 bridgehead atoms. The SMILES string of the molecule is [Na+].[Na+].[Na+].[Na+].[OH-].[OH-]. The molecule has 16 valence electrons. The predicted octanol–water partition coefficient (Wildman–Crippen LogP) is -12.3. The van der Waals surface area contributed by atoms with Gasteiger partial charge < -0.3 is 11.0 Å². The Morgan fingerprint density at radius 2 is 0.333 bits per heavy atom. The summed E-state index contributed by atoms with van der Waals surface area (Å²) in [7, 11) is 0. The molecule has 0 aliphatic rings. The molecule has 0 rings (SSSR count). The maximum atomic E-state index is 0. The molecule has 6 heteroatoms. The molecule has 0 radical (unpaired) electrons. The van der Waals surface area contributed by atoms with E-state index < -0.39 is 0 Å². The summed E-state index contributed by atoms with van der Waals surface area (Å²) in [5, 5.41) is 0. The molecule has 0 aromatic carbocycles. The molecule has 0 spiro atoms. The van der Waals surface area contributed by atoms with E-state index in [1.54, 1.807) is 0 Å². The maximum absolute atomic E-state index is 0. The molecule has 0 fully saturated rings. The second-order valence-corrected chi connectivity index (χ2v) is 0. The molecule has 0 atom stereocenters. The Hall–Kier alpha value is 3.92. The van der Waals surface area contributed by atoms with E-state index in [9.17, 15) is 0 Å². The predicted molar refractivity (Wildman–Crippen MR) is 3.87 cm³/mol. The Kier molecular flexibility index (Phi) is 312. The van der Waals surface area contributed by atoms with Gasteiger partial charge in [-0.3, -0.25) is 0 Å². The fourth-order valence-electron chi connectivity index (χ4n) is 0. The van der Waals surface area contributed by atoms with Crippen LogP contribution in [0, 0.1) is 0 Å². The van der Waals surface area contributed by atoms with E-state index in [0.717, 1.165) is 0 Å². The largest absolute Gasteiger partial charge is 1.00 e. The second kappa shape index (κ2) is 36.4. The maximum Gasteiger partial charge on any atom is 1.00 e. The summed E-state index contributed by atoms with van der Waals surface area (Å²) >= 11 is 0. The van der Waals surface area contributed by atoms with Crippen molar-refractivity contribution in [3.05, 3.63) is 0 Å². The van der Waals surface area contributed by atoms with Gasteiger partial charge in [-0.25, -0.2) is 0 Å². The normalized spacial score (nSPS) is 0. The smallest absolute Gasteiger partial charge is 0.870 e. The van der Waals surface area contributed by atoms with Crippen LogP contribution in [0.2, 0.25) is 0 Å². The van der Waals surface area contributed by atoms with E-state index in [4.69, 9.17) is 0 Å². The van der Waals surface area contributed by atoms with Gasteiger partial charge in [0.15, 0.2) is 0 Å². The van der Waals surface area contributed by atoms with Gasteiger partial charge in [-0.2, -0.15) is 0 Å². The van der Waals surface area contributed by atoms with Crippen LogP contribution in [0.15, 0.2) is 0 Å². The quantitative estimate of drug-likeness (QED) is 0.302. The Bertz CT molecular complexity index is 5.51. The van der Waals surface area contributed by atoms with Crippen LogP contribution in [0.3, 0.4) is 0 Å². The topological polar surface area (TPSA) is 60.0 Å². The fraction of sp³-hybridized carbons (Fsp3) is 0. The average Bonchev–Trinajstić information content (AvgIpc) is 0. The van der Waals surface area contributed by atoms with Gasteiger partial charge in [0, 0.05) is 0 Å². The zero-order chi connectivity index (χ0) is 0. The molecule has 6 heavy (non-hydrogen) atoms. The molecule has 0 saturated carbocycles. The summed E-state index contributed by atoms with van der Waals surface area (Å²) in [6, 6.07) is 0. The van der Waals surface area contributed by atoms with Crippen molar-refractivity contribution >= 4 is 0 Å². The van der Waals surface area contributed by atoms with Gasteiger partial charge >= 0.3 is 118 Å². The van der Waals surface area contributed by atoms with Crippen molar-refractivity contribution in [3.8, 4) is 0 Å². The van der Waals surface area contributed by atoms with Gasteiger partial charge in [0.05, 0.1) is 0 Å². The van der Waals surface area contributed by atoms with Crippen LogP contribution in [0.4, 0.5) is 0 Å². The van der Waals surface area contributed by atoms with Crippen molar-refractivity contribution < 1.29 is 129 Å². The van der Waals surface area contributed by atoms with Crippen LogP contribution in [-0.2, 0) is 0 Å². The number of rotatable bonds is 0. The fourth-order valence-corrected chi connectivity index (χ4v) is 0. The first kappa shape index (κ1) is 51.4. The van der Waals surface area contributed by atoms with Gasteiger partial charge in [0.1, 0.15) is 0 Å². The minimum absolute atomic E-state index is 0. The van der Waals surface area contributed by atoms with Crippen LogP contribution in [0.1, 0.15) is 0 Å². The molecule has 0 heterocycles. The van der Waals surface area contributed by atoms with Crippen molar-refractivity contribution in [2.24, 2.45) is 0 Å². The molecule has 0 aliphatic carbocycles. The summed E-state index contributed by atoms with van der Waals surface area (Å²) in [4.78, 5) is 0. The Labute approximate surface area is 126 Å². The van der Waals surface area contributed by atoms with Crippen LogP contribution in [0.5, 0.6) is 0 Å². The average molecular weight is 126 g/mol. The number of hydrogen-bond donors (Lipinski definition) is 0. The third-order valence-electron chi connectivity index (χ3n) is 0. The molecule has 0 aromatic rings. The van der Waals surface area contributed by atoms with Gasteiger partial charge in [0.2, 0.25) is 0 Å². The van der Waals surface area contributed by atoms with E-state index in [2.05, 4.69) is 0 Å². The second-order valence-electron chi connectivity index (χ2n) is 0. The zero-order valence-electron chi connectivity index (χ0n) is 4.89. The van der Waals surface area contributed by atoms with Crippen molar-refractivity contribution in [2.75, 3.05) is 0 Å². The third kappa shape index (κ3) is 24.7. The van der Waals surface area contributed by atoms with Crippen LogP contribution in [-0.4, -0.2) is 11.0 Å². The van der Waals surface area contributed by atoms with Crippen molar-refractivity contribution in [3.63, 3.8) is 0 Å². The Morgan fingerprint density at radius 3 is 0.333 bits per heavy atom. The molecule has 0 amide bonds. The minimum atomic E-state index is 0. The molecule has 2 N–H and O–H groups in total. The Morgan fingerprint density at radius 1 is 0.333 bits per heavy atom. The van der Waals surface area contributed by atoms with Crippen molar-refractivity contribution in [1.82, 2.24) is 0 Å². The Balaban J connectivity index is 0. The molecular formula is H2Na4O2+2. The van der Waals surface area contributed by atoms with Crippen molar-refractivity contribution in [2.45, 2.75) is 0 Å². The van der Waals surface area contributed by atoms with E-state index in [-0.39, 0.29) is 129 Å². The summed E-state index contributed by atoms with van der Waals surface area (Å²) in [5.74, 6) is 0.